The van der Waals surface area contributed by atoms with Crippen LogP contribution in [0.2, 0.25) is 0 Å². The van der Waals surface area contributed by atoms with E-state index in [2.05, 4.69) is 12.1 Å². The van der Waals surface area contributed by atoms with Crippen molar-refractivity contribution in [2.24, 2.45) is 5.73 Å². The van der Waals surface area contributed by atoms with Crippen molar-refractivity contribution in [3.8, 4) is 0 Å². The lowest BCUT2D eigenvalue weighted by atomic mass is 9.82. The molecule has 0 bridgehead atoms. The molecule has 1 heterocycles. The quantitative estimate of drug-likeness (QED) is 0.870. The fourth-order valence-electron chi connectivity index (χ4n) is 2.51. The van der Waals surface area contributed by atoms with Crippen LogP contribution in [-0.4, -0.2) is 25.4 Å². The summed E-state index contributed by atoms with van der Waals surface area (Å²) in [5.74, 6) is 0. The van der Waals surface area contributed by atoms with E-state index >= 15 is 0 Å². The van der Waals surface area contributed by atoms with Gasteiger partial charge in [-0.15, -0.1) is 0 Å². The van der Waals surface area contributed by atoms with Crippen molar-refractivity contribution in [3.63, 3.8) is 0 Å². The molecule has 1 fully saturated rings. The first-order valence-electron chi connectivity index (χ1n) is 6.31. The van der Waals surface area contributed by atoms with Gasteiger partial charge in [0.1, 0.15) is 0 Å². The number of nitrogens with two attached hydrogens (primary N) is 1. The molecule has 1 unspecified atom stereocenters. The van der Waals surface area contributed by atoms with Gasteiger partial charge in [0.25, 0.3) is 0 Å². The van der Waals surface area contributed by atoms with E-state index in [9.17, 15) is 0 Å². The summed E-state index contributed by atoms with van der Waals surface area (Å²) in [6.07, 6.45) is 1.74. The Morgan fingerprint density at radius 2 is 1.94 bits per heavy atom. The predicted octanol–water partition coefficient (Wildman–Crippen LogP) is 2.27. The minimum Gasteiger partial charge on any atom is -0.381 e. The van der Waals surface area contributed by atoms with Crippen molar-refractivity contribution in [1.82, 2.24) is 0 Å². The summed E-state index contributed by atoms with van der Waals surface area (Å²) in [5.41, 5.74) is 7.30. The van der Waals surface area contributed by atoms with Crippen LogP contribution < -0.4 is 5.73 Å². The molecule has 1 aliphatic heterocycles. The van der Waals surface area contributed by atoms with Crippen molar-refractivity contribution in [3.05, 3.63) is 35.9 Å². The second kappa shape index (κ2) is 5.63. The Hall–Kier alpha value is -0.900. The van der Waals surface area contributed by atoms with E-state index in [1.807, 2.05) is 25.1 Å². The maximum Gasteiger partial charge on any atom is 0.0917 e. The molecule has 1 aromatic rings. The molecule has 2 N–H and O–H groups in total. The van der Waals surface area contributed by atoms with E-state index < -0.39 is 0 Å². The molecule has 1 atom stereocenters. The van der Waals surface area contributed by atoms with Crippen LogP contribution in [0.1, 0.15) is 31.4 Å². The molecule has 0 amide bonds. The maximum atomic E-state index is 6.41. The summed E-state index contributed by atoms with van der Waals surface area (Å²) in [7, 11) is 0. The third-order valence-electron chi connectivity index (χ3n) is 3.50. The Morgan fingerprint density at radius 1 is 1.29 bits per heavy atom. The van der Waals surface area contributed by atoms with Crippen molar-refractivity contribution in [1.29, 1.82) is 0 Å². The zero-order valence-electron chi connectivity index (χ0n) is 10.4. The van der Waals surface area contributed by atoms with Gasteiger partial charge in [-0.05, 0) is 12.5 Å². The van der Waals surface area contributed by atoms with E-state index in [4.69, 9.17) is 15.2 Å². The van der Waals surface area contributed by atoms with Gasteiger partial charge in [0.2, 0.25) is 0 Å². The van der Waals surface area contributed by atoms with Gasteiger partial charge in [0, 0.05) is 32.7 Å². The van der Waals surface area contributed by atoms with Crippen molar-refractivity contribution < 1.29 is 9.47 Å². The van der Waals surface area contributed by atoms with Crippen LogP contribution >= 0.6 is 0 Å². The summed E-state index contributed by atoms with van der Waals surface area (Å²) < 4.78 is 11.4. The Morgan fingerprint density at radius 3 is 2.53 bits per heavy atom. The second-order valence-electron chi connectivity index (χ2n) is 4.50. The molecule has 0 saturated carbocycles. The van der Waals surface area contributed by atoms with Gasteiger partial charge in [-0.3, -0.25) is 0 Å². The molecule has 3 nitrogen and oxygen atoms in total. The highest BCUT2D eigenvalue weighted by Crippen LogP contribution is 2.36. The molecule has 0 spiro atoms. The first-order chi connectivity index (χ1) is 8.28. The van der Waals surface area contributed by atoms with E-state index in [1.54, 1.807) is 0 Å². The number of hydrogen-bond acceptors (Lipinski definition) is 3. The smallest absolute Gasteiger partial charge is 0.0917 e. The summed E-state index contributed by atoms with van der Waals surface area (Å²) in [4.78, 5) is 0. The molecular weight excluding hydrogens is 214 g/mol. The Kier molecular flexibility index (Phi) is 4.15. The van der Waals surface area contributed by atoms with Gasteiger partial charge >= 0.3 is 0 Å². The summed E-state index contributed by atoms with van der Waals surface area (Å²) in [6.45, 7) is 4.19. The normalized spacial score (nSPS) is 21.1. The highest BCUT2D eigenvalue weighted by atomic mass is 16.5. The Bertz CT molecular complexity index is 328. The zero-order chi connectivity index (χ0) is 12.1. The molecule has 1 saturated heterocycles. The average molecular weight is 235 g/mol. The molecule has 3 heteroatoms. The van der Waals surface area contributed by atoms with Gasteiger partial charge in [0.05, 0.1) is 11.6 Å². The molecule has 94 valence electrons. The van der Waals surface area contributed by atoms with Gasteiger partial charge in [-0.25, -0.2) is 0 Å². The van der Waals surface area contributed by atoms with Gasteiger partial charge < -0.3 is 15.2 Å². The lowest BCUT2D eigenvalue weighted by molar-refractivity contribution is -0.121. The summed E-state index contributed by atoms with van der Waals surface area (Å²) in [6, 6.07) is 10.1. The third-order valence-corrected chi connectivity index (χ3v) is 3.50. The molecule has 2 rings (SSSR count). The van der Waals surface area contributed by atoms with Crippen LogP contribution in [-0.2, 0) is 9.47 Å². The summed E-state index contributed by atoms with van der Waals surface area (Å²) in [5, 5.41) is 0. The summed E-state index contributed by atoms with van der Waals surface area (Å²) >= 11 is 0. The maximum absolute atomic E-state index is 6.41. The van der Waals surface area contributed by atoms with Crippen molar-refractivity contribution >= 4 is 0 Å². The van der Waals surface area contributed by atoms with E-state index in [0.717, 1.165) is 31.6 Å². The Labute approximate surface area is 103 Å². The average Bonchev–Trinajstić information content (AvgIpc) is 2.40. The van der Waals surface area contributed by atoms with E-state index in [0.29, 0.717) is 6.61 Å². The second-order valence-corrected chi connectivity index (χ2v) is 4.50. The van der Waals surface area contributed by atoms with Gasteiger partial charge in [0.15, 0.2) is 0 Å². The highest BCUT2D eigenvalue weighted by molar-refractivity contribution is 5.22. The first-order valence-corrected chi connectivity index (χ1v) is 6.31. The van der Waals surface area contributed by atoms with Gasteiger partial charge in [-0.1, -0.05) is 30.3 Å². The topological polar surface area (TPSA) is 44.5 Å². The van der Waals surface area contributed by atoms with Crippen LogP contribution in [0.5, 0.6) is 0 Å². The SMILES string of the molecule is CCOC1(C(N)c2ccccc2)CCOCC1. The fourth-order valence-corrected chi connectivity index (χ4v) is 2.51. The minimum absolute atomic E-state index is 0.0763. The van der Waals surface area contributed by atoms with E-state index in [-0.39, 0.29) is 11.6 Å². The van der Waals surface area contributed by atoms with Crippen molar-refractivity contribution in [2.45, 2.75) is 31.4 Å². The van der Waals surface area contributed by atoms with Crippen LogP contribution in [0.4, 0.5) is 0 Å². The molecule has 17 heavy (non-hydrogen) atoms. The zero-order valence-corrected chi connectivity index (χ0v) is 10.4. The van der Waals surface area contributed by atoms with Crippen LogP contribution in [0.15, 0.2) is 30.3 Å². The molecular formula is C14H21NO2. The molecule has 1 aromatic carbocycles. The number of rotatable bonds is 4. The molecule has 1 aliphatic rings. The lowest BCUT2D eigenvalue weighted by Gasteiger charge is -2.41. The van der Waals surface area contributed by atoms with Gasteiger partial charge in [-0.2, -0.15) is 0 Å². The lowest BCUT2D eigenvalue weighted by Crippen LogP contribution is -2.48. The fraction of sp³-hybridized carbons (Fsp3) is 0.571. The standard InChI is InChI=1S/C14H21NO2/c1-2-17-14(8-10-16-11-9-14)13(15)12-6-4-3-5-7-12/h3-7,13H,2,8-11,15H2,1H3. The number of ether oxygens (including phenoxy) is 2. The van der Waals surface area contributed by atoms with Crippen LogP contribution in [0.3, 0.4) is 0 Å². The third kappa shape index (κ3) is 2.68. The van der Waals surface area contributed by atoms with Crippen LogP contribution in [0.25, 0.3) is 0 Å². The largest absolute Gasteiger partial charge is 0.381 e. The monoisotopic (exact) mass is 235 g/mol. The van der Waals surface area contributed by atoms with Crippen molar-refractivity contribution in [2.75, 3.05) is 19.8 Å². The van der Waals surface area contributed by atoms with Crippen LogP contribution in [0, 0.1) is 0 Å². The first kappa shape index (κ1) is 12.6. The highest BCUT2D eigenvalue weighted by Gasteiger charge is 2.39. The minimum atomic E-state index is -0.256. The van der Waals surface area contributed by atoms with E-state index in [1.165, 1.54) is 0 Å². The Balaban J connectivity index is 2.20. The molecule has 0 radical (unpaired) electrons. The molecule has 0 aromatic heterocycles. The predicted molar refractivity (Wildman–Crippen MR) is 67.8 cm³/mol. The molecule has 0 aliphatic carbocycles. The number of benzene rings is 1. The number of hydrogen-bond donors (Lipinski definition) is 1.